The predicted octanol–water partition coefficient (Wildman–Crippen LogP) is 19.4. The summed E-state index contributed by atoms with van der Waals surface area (Å²) < 4.78 is 61.3. The number of fused-ring (bicyclic) bond motifs is 6. The molecule has 0 heterocycles. The zero-order valence-corrected chi connectivity index (χ0v) is 59.8. The molecule has 9 nitrogen and oxygen atoms in total. The van der Waals surface area contributed by atoms with Gasteiger partial charge in [-0.1, -0.05) is 135 Å². The van der Waals surface area contributed by atoms with E-state index in [-0.39, 0.29) is 17.2 Å². The minimum atomic E-state index is -3.05. The molecule has 0 aromatic carbocycles. The first-order valence-electron chi connectivity index (χ1n) is 29.4. The Labute approximate surface area is 505 Å². The molecule has 0 aliphatic heterocycles. The lowest BCUT2D eigenvalue weighted by molar-refractivity contribution is 0.0494. The maximum Gasteiger partial charge on any atom is 0.519 e. The van der Waals surface area contributed by atoms with Gasteiger partial charge in [0.2, 0.25) is 0 Å². The van der Waals surface area contributed by atoms with Gasteiger partial charge in [-0.3, -0.25) is 0 Å². The highest BCUT2D eigenvalue weighted by molar-refractivity contribution is 9.30. The van der Waals surface area contributed by atoms with E-state index in [4.69, 9.17) is 39.8 Å². The summed E-state index contributed by atoms with van der Waals surface area (Å²) in [4.78, 5) is 0. The van der Waals surface area contributed by atoms with Crippen LogP contribution in [0.1, 0.15) is 204 Å². The molecule has 0 radical (unpaired) electrons. The average Bonchev–Trinajstić information content (AvgIpc) is 4.29. The van der Waals surface area contributed by atoms with Crippen LogP contribution in [0.5, 0.6) is 0 Å². The Hall–Kier alpha value is 4.49. The Morgan fingerprint density at radius 3 is 0.920 bits per heavy atom. The summed E-state index contributed by atoms with van der Waals surface area (Å²) in [5.74, 6) is 3.92. The molecule has 0 saturated heterocycles. The Kier molecular flexibility index (Phi) is 29.5. The summed E-state index contributed by atoms with van der Waals surface area (Å²) in [6.45, 7) is 24.8. The zero-order chi connectivity index (χ0) is 53.3. The fourth-order valence-electron chi connectivity index (χ4n) is 14.5. The van der Waals surface area contributed by atoms with E-state index < -0.39 is 26.4 Å². The minimum absolute atomic E-state index is 0.0463. The molecule has 10 unspecified atom stereocenters. The molecule has 0 amide bonds. The van der Waals surface area contributed by atoms with Gasteiger partial charge in [0, 0.05) is 64.7 Å². The molecular weight excluding hydrogens is 1230 g/mol. The monoisotopic (exact) mass is 1320 g/mol. The van der Waals surface area contributed by atoms with E-state index in [1.165, 1.54) is 122 Å². The predicted molar refractivity (Wildman–Crippen MR) is 350 cm³/mol. The summed E-state index contributed by atoms with van der Waals surface area (Å²) in [6.07, 6.45) is 28.0. The third-order valence-electron chi connectivity index (χ3n) is 17.3. The Bertz CT molecular complexity index is 1550. The Morgan fingerprint density at radius 2 is 0.627 bits per heavy atom. The van der Waals surface area contributed by atoms with Crippen LogP contribution in [0.2, 0.25) is 0 Å². The summed E-state index contributed by atoms with van der Waals surface area (Å²) in [7, 11) is 16.0. The van der Waals surface area contributed by atoms with Crippen molar-refractivity contribution in [3.63, 3.8) is 0 Å². The molecule has 438 valence electrons. The normalized spacial score (nSPS) is 34.4. The zero-order valence-electron chi connectivity index (χ0n) is 47.0. The molecule has 10 atom stereocenters. The van der Waals surface area contributed by atoms with E-state index in [1.807, 2.05) is 29.5 Å². The topological polar surface area (TPSA) is 83.1 Å². The van der Waals surface area contributed by atoms with Gasteiger partial charge < -0.3 is 39.8 Å². The molecule has 0 aromatic rings. The van der Waals surface area contributed by atoms with Gasteiger partial charge in [0.05, 0.1) is 4.08 Å². The van der Waals surface area contributed by atoms with E-state index >= 15 is 0 Å². The molecule has 7 aliphatic carbocycles. The third-order valence-corrected chi connectivity index (χ3v) is 56.3. The quantitative estimate of drug-likeness (QED) is 0.0258. The van der Waals surface area contributed by atoms with Crippen molar-refractivity contribution in [1.82, 2.24) is 0 Å². The summed E-state index contributed by atoms with van der Waals surface area (Å²) in [5, 5.41) is 0.435. The average molecular weight is 1320 g/mol. The van der Waals surface area contributed by atoms with Crippen molar-refractivity contribution in [2.24, 2.45) is 35.5 Å². The van der Waals surface area contributed by atoms with E-state index in [2.05, 4.69) is 157 Å². The summed E-state index contributed by atoms with van der Waals surface area (Å²) >= 11 is 0. The van der Waals surface area contributed by atoms with E-state index in [9.17, 15) is 0 Å². The first kappa shape index (κ1) is 67.0. The summed E-state index contributed by atoms with van der Waals surface area (Å²) in [6, 6.07) is 0. The molecule has 7 fully saturated rings. The highest BCUT2D eigenvalue weighted by Gasteiger charge is 2.73. The number of hydrogen-bond donors (Lipinski definition) is 0. The summed E-state index contributed by atoms with van der Waals surface area (Å²) in [5.41, 5.74) is 0. The van der Waals surface area contributed by atoms with E-state index in [0.717, 1.165) is 37.0 Å². The van der Waals surface area contributed by atoms with Crippen LogP contribution in [-0.2, 0) is 39.8 Å². The van der Waals surface area contributed by atoms with Crippen molar-refractivity contribution in [2.45, 2.75) is 226 Å². The highest BCUT2D eigenvalue weighted by Crippen LogP contribution is 2.73. The Morgan fingerprint density at radius 1 is 0.333 bits per heavy atom. The van der Waals surface area contributed by atoms with Crippen molar-refractivity contribution in [3.8, 4) is 0 Å². The molecule has 24 heteroatoms. The maximum atomic E-state index is 6.87. The van der Waals surface area contributed by atoms with Crippen LogP contribution >= 0.6 is 124 Å². The highest BCUT2D eigenvalue weighted by atomic mass is 33.7. The van der Waals surface area contributed by atoms with Crippen LogP contribution in [0, 0.1) is 35.5 Å². The second kappa shape index (κ2) is 33.0. The van der Waals surface area contributed by atoms with Gasteiger partial charge in [0.15, 0.2) is 0 Å². The van der Waals surface area contributed by atoms with Crippen molar-refractivity contribution >= 4 is 150 Å². The number of rotatable bonds is 36. The van der Waals surface area contributed by atoms with Gasteiger partial charge in [0.1, 0.15) is 13.1 Å². The van der Waals surface area contributed by atoms with Crippen LogP contribution in [-0.4, -0.2) is 108 Å². The van der Waals surface area contributed by atoms with Gasteiger partial charge in [-0.05, 0) is 227 Å². The van der Waals surface area contributed by atoms with Gasteiger partial charge in [-0.15, -0.1) is 0 Å². The molecule has 75 heavy (non-hydrogen) atoms. The lowest BCUT2D eigenvalue weighted by atomic mass is 9.99. The maximum absolute atomic E-state index is 6.87. The fraction of sp³-hybridized carbons (Fsp3) is 1.00. The molecular formula is C51H96O9S12Si3. The van der Waals surface area contributed by atoms with Crippen molar-refractivity contribution in [3.05, 3.63) is 0 Å². The van der Waals surface area contributed by atoms with Crippen molar-refractivity contribution < 1.29 is 39.8 Å². The minimum Gasteiger partial charge on any atom is -0.373 e. The lowest BCUT2D eigenvalue weighted by Gasteiger charge is -2.47. The fourth-order valence-corrected chi connectivity index (χ4v) is 60.0. The van der Waals surface area contributed by atoms with Gasteiger partial charge >= 0.3 is 26.4 Å². The smallest absolute Gasteiger partial charge is 0.373 e. The first-order chi connectivity index (χ1) is 36.6. The molecule has 7 saturated carbocycles. The van der Waals surface area contributed by atoms with E-state index in [0.29, 0.717) is 82.5 Å². The van der Waals surface area contributed by atoms with Crippen LogP contribution < -0.4 is 0 Å². The van der Waals surface area contributed by atoms with Crippen molar-refractivity contribution in [1.29, 1.82) is 0 Å². The molecule has 0 N–H and O–H groups in total. The third kappa shape index (κ3) is 15.3. The van der Waals surface area contributed by atoms with Crippen LogP contribution in [0.15, 0.2) is 0 Å². The second-order valence-electron chi connectivity index (χ2n) is 21.6. The lowest BCUT2D eigenvalue weighted by Crippen LogP contribution is -2.65. The number of hydrogen-bond acceptors (Lipinski definition) is 21. The van der Waals surface area contributed by atoms with Gasteiger partial charge in [-0.2, -0.15) is 0 Å². The largest absolute Gasteiger partial charge is 0.519 e. The van der Waals surface area contributed by atoms with Crippen LogP contribution in [0.3, 0.4) is 0 Å². The molecule has 0 aromatic heterocycles. The van der Waals surface area contributed by atoms with Crippen molar-refractivity contribution in [2.75, 3.05) is 59.5 Å². The first-order valence-corrected chi connectivity index (χ1v) is 49.1. The molecule has 6 bridgehead atoms. The SMILES string of the molecule is CCO[Si](OCC)(OCC)C1(SSSSC2CCCCCCCCCCC2(SSSSC2([Si](OCC)(OCC)OCC)CC3CCC2C3)SSSSC2([Si](OCC)(OCC)OCC)CC3CCC2C3)CC2CCC1C2. The standard InChI is InChI=1S/C51H96O9S12Si3/c1-10-52-73(53-11-2,54-12-3)49(38-41-28-31-44(49)35-41)64-70-67-61-47-27-25-23-21-19-20-22-24-26-34-48(47,62-68-71-65-50(39-42-29-32-45(50)36-42)74(55-13-4,56-14-5)57-15-6)63-69-72-66-51(40-43-30-33-46(51)37-43)75(58-16-7,59-17-8)60-18-9/h41-47H,10-40H2,1-9H3. The van der Waals surface area contributed by atoms with Crippen LogP contribution in [0.4, 0.5) is 0 Å². The van der Waals surface area contributed by atoms with Gasteiger partial charge in [-0.25, -0.2) is 0 Å². The van der Waals surface area contributed by atoms with E-state index in [1.54, 1.807) is 0 Å². The molecule has 7 aliphatic rings. The Balaban J connectivity index is 1.18. The second-order valence-corrected chi connectivity index (χ2v) is 50.4. The van der Waals surface area contributed by atoms with Crippen LogP contribution in [0.25, 0.3) is 0 Å². The van der Waals surface area contributed by atoms with Gasteiger partial charge in [0.25, 0.3) is 0 Å². The molecule has 7 rings (SSSR count). The molecule has 0 spiro atoms.